The van der Waals surface area contributed by atoms with Crippen molar-refractivity contribution in [2.45, 2.75) is 19.9 Å². The number of aliphatic hydroxyl groups excluding tert-OH is 1. The Morgan fingerprint density at radius 3 is 2.95 bits per heavy atom. The number of urea groups is 1. The zero-order chi connectivity index (χ0) is 14.9. The van der Waals surface area contributed by atoms with Crippen LogP contribution in [0.1, 0.15) is 12.6 Å². The Labute approximate surface area is 117 Å². The van der Waals surface area contributed by atoms with Gasteiger partial charge in [0.2, 0.25) is 0 Å². The van der Waals surface area contributed by atoms with Gasteiger partial charge in [-0.05, 0) is 19.9 Å². The summed E-state index contributed by atoms with van der Waals surface area (Å²) in [6, 6.07) is 1.32. The van der Waals surface area contributed by atoms with E-state index in [4.69, 9.17) is 5.11 Å². The van der Waals surface area contributed by atoms with Gasteiger partial charge in [0.1, 0.15) is 0 Å². The van der Waals surface area contributed by atoms with Crippen molar-refractivity contribution in [2.24, 2.45) is 7.05 Å². The number of fused-ring (bicyclic) bond motifs is 1. The molecule has 2 N–H and O–H groups in total. The highest BCUT2D eigenvalue weighted by Crippen LogP contribution is 2.19. The van der Waals surface area contributed by atoms with E-state index in [1.54, 1.807) is 24.9 Å². The molecule has 0 saturated carbocycles. The normalized spacial score (nSPS) is 12.4. The van der Waals surface area contributed by atoms with Crippen LogP contribution in [0.15, 0.2) is 12.3 Å². The number of likely N-dealkylation sites (N-methyl/N-ethyl adjacent to an activating group) is 1. The summed E-state index contributed by atoms with van der Waals surface area (Å²) in [5, 5.41) is 17.0. The highest BCUT2D eigenvalue weighted by atomic mass is 16.3. The van der Waals surface area contributed by atoms with Crippen molar-refractivity contribution in [2.75, 3.05) is 19.0 Å². The molecule has 0 aromatic carbocycles. The number of pyridine rings is 1. The third-order valence-corrected chi connectivity index (χ3v) is 3.36. The molecule has 2 aromatic rings. The Balaban J connectivity index is 2.22. The first-order valence-corrected chi connectivity index (χ1v) is 6.38. The van der Waals surface area contributed by atoms with E-state index in [0.717, 1.165) is 16.7 Å². The predicted octanol–water partition coefficient (Wildman–Crippen LogP) is 1.12. The van der Waals surface area contributed by atoms with Crippen LogP contribution in [-0.2, 0) is 7.05 Å². The largest absolute Gasteiger partial charge is 0.394 e. The van der Waals surface area contributed by atoms with Crippen LogP contribution < -0.4 is 5.32 Å². The standard InChI is InChI=1S/C13H19N5O2/c1-8(7-19)17(3)13(20)15-10-5-11-9(2)16-18(4)12(11)14-6-10/h5-6,8,19H,7H2,1-4H3,(H,15,20). The van der Waals surface area contributed by atoms with Crippen molar-refractivity contribution in [3.8, 4) is 0 Å². The van der Waals surface area contributed by atoms with E-state index >= 15 is 0 Å². The number of rotatable bonds is 3. The number of hydrogen-bond acceptors (Lipinski definition) is 4. The highest BCUT2D eigenvalue weighted by molar-refractivity contribution is 5.92. The molecule has 108 valence electrons. The number of aliphatic hydroxyl groups is 1. The smallest absolute Gasteiger partial charge is 0.321 e. The lowest BCUT2D eigenvalue weighted by Crippen LogP contribution is -2.40. The van der Waals surface area contributed by atoms with Crippen LogP contribution in [0, 0.1) is 6.92 Å². The summed E-state index contributed by atoms with van der Waals surface area (Å²) in [5.74, 6) is 0. The lowest BCUT2D eigenvalue weighted by molar-refractivity contribution is 0.166. The molecule has 0 bridgehead atoms. The Morgan fingerprint density at radius 1 is 1.60 bits per heavy atom. The number of aromatic nitrogens is 3. The highest BCUT2D eigenvalue weighted by Gasteiger charge is 2.15. The predicted molar refractivity (Wildman–Crippen MR) is 76.6 cm³/mol. The van der Waals surface area contributed by atoms with E-state index in [2.05, 4.69) is 15.4 Å². The number of aryl methyl sites for hydroxylation is 2. The van der Waals surface area contributed by atoms with E-state index in [1.807, 2.05) is 20.0 Å². The Hall–Kier alpha value is -2.15. The van der Waals surface area contributed by atoms with Gasteiger partial charge in [0.05, 0.1) is 30.2 Å². The number of carbonyl (C=O) groups excluding carboxylic acids is 1. The van der Waals surface area contributed by atoms with E-state index in [-0.39, 0.29) is 18.7 Å². The molecular weight excluding hydrogens is 258 g/mol. The maximum atomic E-state index is 12.0. The van der Waals surface area contributed by atoms with Crippen LogP contribution >= 0.6 is 0 Å². The van der Waals surface area contributed by atoms with Gasteiger partial charge < -0.3 is 15.3 Å². The van der Waals surface area contributed by atoms with Gasteiger partial charge in [0.25, 0.3) is 0 Å². The lowest BCUT2D eigenvalue weighted by Gasteiger charge is -2.23. The Morgan fingerprint density at radius 2 is 2.30 bits per heavy atom. The number of nitrogens with zero attached hydrogens (tertiary/aromatic N) is 4. The van der Waals surface area contributed by atoms with Gasteiger partial charge in [-0.25, -0.2) is 9.78 Å². The molecule has 0 radical (unpaired) electrons. The number of carbonyl (C=O) groups is 1. The number of anilines is 1. The molecule has 2 heterocycles. The molecular formula is C13H19N5O2. The van der Waals surface area contributed by atoms with E-state index in [0.29, 0.717) is 5.69 Å². The van der Waals surface area contributed by atoms with Crippen LogP contribution in [0.25, 0.3) is 11.0 Å². The number of nitrogens with one attached hydrogen (secondary N) is 1. The minimum absolute atomic E-state index is 0.0804. The summed E-state index contributed by atoms with van der Waals surface area (Å²) in [7, 11) is 3.47. The molecule has 7 heteroatoms. The summed E-state index contributed by atoms with van der Waals surface area (Å²) in [5.41, 5.74) is 2.25. The molecule has 20 heavy (non-hydrogen) atoms. The molecule has 1 unspecified atom stereocenters. The molecule has 0 aliphatic rings. The molecule has 2 amide bonds. The molecule has 0 spiro atoms. The fourth-order valence-corrected chi connectivity index (χ4v) is 1.91. The van der Waals surface area contributed by atoms with E-state index in [9.17, 15) is 4.79 Å². The van der Waals surface area contributed by atoms with Crippen molar-refractivity contribution in [3.05, 3.63) is 18.0 Å². The Kier molecular flexibility index (Phi) is 3.89. The van der Waals surface area contributed by atoms with Gasteiger partial charge in [-0.1, -0.05) is 0 Å². The van der Waals surface area contributed by atoms with Crippen LogP contribution in [0.2, 0.25) is 0 Å². The maximum Gasteiger partial charge on any atom is 0.321 e. The maximum absolute atomic E-state index is 12.0. The minimum Gasteiger partial charge on any atom is -0.394 e. The van der Waals surface area contributed by atoms with Crippen molar-refractivity contribution < 1.29 is 9.90 Å². The van der Waals surface area contributed by atoms with Crippen LogP contribution in [0.3, 0.4) is 0 Å². The van der Waals surface area contributed by atoms with Gasteiger partial charge in [-0.3, -0.25) is 4.68 Å². The average Bonchev–Trinajstić information content (AvgIpc) is 2.72. The first-order valence-electron chi connectivity index (χ1n) is 6.38. The molecule has 0 saturated heterocycles. The number of amides is 2. The van der Waals surface area contributed by atoms with Gasteiger partial charge in [-0.2, -0.15) is 5.10 Å². The summed E-state index contributed by atoms with van der Waals surface area (Å²) in [6.45, 7) is 3.59. The van der Waals surface area contributed by atoms with Crippen LogP contribution in [-0.4, -0.2) is 50.5 Å². The first kappa shape index (κ1) is 14.3. The molecule has 2 aromatic heterocycles. The molecule has 7 nitrogen and oxygen atoms in total. The van der Waals surface area contributed by atoms with Gasteiger partial charge in [0, 0.05) is 19.5 Å². The molecule has 1 atom stereocenters. The lowest BCUT2D eigenvalue weighted by atomic mass is 10.2. The average molecular weight is 277 g/mol. The van der Waals surface area contributed by atoms with Gasteiger partial charge >= 0.3 is 6.03 Å². The fourth-order valence-electron chi connectivity index (χ4n) is 1.91. The SMILES string of the molecule is Cc1nn(C)c2ncc(NC(=O)N(C)C(C)CO)cc12. The monoisotopic (exact) mass is 277 g/mol. The fraction of sp³-hybridized carbons (Fsp3) is 0.462. The quantitative estimate of drug-likeness (QED) is 0.880. The zero-order valence-corrected chi connectivity index (χ0v) is 12.1. The zero-order valence-electron chi connectivity index (χ0n) is 12.1. The van der Waals surface area contributed by atoms with Crippen molar-refractivity contribution in [3.63, 3.8) is 0 Å². The second kappa shape index (κ2) is 5.46. The van der Waals surface area contributed by atoms with Gasteiger partial charge in [-0.15, -0.1) is 0 Å². The van der Waals surface area contributed by atoms with Gasteiger partial charge in [0.15, 0.2) is 5.65 Å². The topological polar surface area (TPSA) is 83.3 Å². The molecule has 0 fully saturated rings. The summed E-state index contributed by atoms with van der Waals surface area (Å²) in [4.78, 5) is 17.7. The molecule has 0 aliphatic carbocycles. The number of hydrogen-bond donors (Lipinski definition) is 2. The van der Waals surface area contributed by atoms with E-state index < -0.39 is 0 Å². The molecule has 0 aliphatic heterocycles. The van der Waals surface area contributed by atoms with Crippen LogP contribution in [0.4, 0.5) is 10.5 Å². The summed E-state index contributed by atoms with van der Waals surface area (Å²) in [6.07, 6.45) is 1.60. The van der Waals surface area contributed by atoms with Crippen LogP contribution in [0.5, 0.6) is 0 Å². The third kappa shape index (κ3) is 2.57. The Bertz CT molecular complexity index is 637. The second-order valence-corrected chi connectivity index (χ2v) is 4.88. The minimum atomic E-state index is -0.283. The summed E-state index contributed by atoms with van der Waals surface area (Å²) < 4.78 is 1.70. The van der Waals surface area contributed by atoms with E-state index in [1.165, 1.54) is 4.90 Å². The second-order valence-electron chi connectivity index (χ2n) is 4.88. The summed E-state index contributed by atoms with van der Waals surface area (Å²) >= 11 is 0. The first-order chi connectivity index (χ1) is 9.43. The van der Waals surface area contributed by atoms with Crippen molar-refractivity contribution in [1.82, 2.24) is 19.7 Å². The third-order valence-electron chi connectivity index (χ3n) is 3.36. The molecule has 2 rings (SSSR count). The van der Waals surface area contributed by atoms with Crippen molar-refractivity contribution in [1.29, 1.82) is 0 Å². The van der Waals surface area contributed by atoms with Crippen molar-refractivity contribution >= 4 is 22.8 Å².